The van der Waals surface area contributed by atoms with Crippen LogP contribution in [0, 0.1) is 0 Å². The lowest BCUT2D eigenvalue weighted by molar-refractivity contribution is -0.124. The van der Waals surface area contributed by atoms with Crippen molar-refractivity contribution in [1.29, 1.82) is 0 Å². The fourth-order valence-electron chi connectivity index (χ4n) is 4.56. The van der Waals surface area contributed by atoms with Crippen LogP contribution in [0.15, 0.2) is 91.3 Å². The molecule has 3 aromatic carbocycles. The van der Waals surface area contributed by atoms with Crippen molar-refractivity contribution in [3.8, 4) is 22.5 Å². The average Bonchev–Trinajstić information content (AvgIpc) is 3.47. The van der Waals surface area contributed by atoms with Crippen LogP contribution in [-0.4, -0.2) is 38.0 Å². The van der Waals surface area contributed by atoms with E-state index in [0.717, 1.165) is 38.8 Å². The van der Waals surface area contributed by atoms with Crippen LogP contribution in [0.5, 0.6) is 0 Å². The Balaban J connectivity index is 1.24. The van der Waals surface area contributed by atoms with Crippen LogP contribution in [0.3, 0.4) is 0 Å². The summed E-state index contributed by atoms with van der Waals surface area (Å²) in [6.07, 6.45) is 6.00. The van der Waals surface area contributed by atoms with Gasteiger partial charge in [0.1, 0.15) is 5.82 Å². The quantitative estimate of drug-likeness (QED) is 0.216. The zero-order chi connectivity index (χ0) is 26.8. The normalized spacial score (nSPS) is 14.8. The van der Waals surface area contributed by atoms with Crippen molar-refractivity contribution in [2.45, 2.75) is 24.8 Å². The summed E-state index contributed by atoms with van der Waals surface area (Å²) in [6, 6.07) is 22.8. The van der Waals surface area contributed by atoms with Crippen molar-refractivity contribution in [2.75, 3.05) is 5.32 Å². The lowest BCUT2D eigenvalue weighted by Crippen LogP contribution is -2.50. The van der Waals surface area contributed by atoms with E-state index in [4.69, 9.17) is 9.97 Å². The third kappa shape index (κ3) is 5.52. The number of benzene rings is 3. The van der Waals surface area contributed by atoms with Crippen molar-refractivity contribution in [3.05, 3.63) is 96.8 Å². The third-order valence-corrected chi connectivity index (χ3v) is 6.59. The van der Waals surface area contributed by atoms with Crippen LogP contribution < -0.4 is 10.6 Å². The fourth-order valence-corrected chi connectivity index (χ4v) is 4.56. The van der Waals surface area contributed by atoms with E-state index in [1.165, 1.54) is 6.08 Å². The second-order valence-electron chi connectivity index (χ2n) is 9.53. The van der Waals surface area contributed by atoms with Crippen molar-refractivity contribution in [2.24, 2.45) is 0 Å². The zero-order valence-corrected chi connectivity index (χ0v) is 20.7. The second-order valence-corrected chi connectivity index (χ2v) is 9.53. The monoisotopic (exact) mass is 522 g/mol. The van der Waals surface area contributed by atoms with Gasteiger partial charge in [-0.25, -0.2) is 18.7 Å². The number of rotatable bonds is 7. The predicted octanol–water partition coefficient (Wildman–Crippen LogP) is 6.36. The molecule has 0 aliphatic heterocycles. The number of hydrogen-bond donors (Lipinski definition) is 3. The Morgan fingerprint density at radius 2 is 1.77 bits per heavy atom. The van der Waals surface area contributed by atoms with E-state index in [1.807, 2.05) is 79.0 Å². The van der Waals surface area contributed by atoms with E-state index in [-0.39, 0.29) is 12.8 Å². The van der Waals surface area contributed by atoms with Gasteiger partial charge in [0.05, 0.1) is 11.7 Å². The molecule has 9 heteroatoms. The lowest BCUT2D eigenvalue weighted by atomic mass is 9.88. The van der Waals surface area contributed by atoms with Gasteiger partial charge in [-0.05, 0) is 47.5 Å². The molecule has 1 saturated carbocycles. The minimum absolute atomic E-state index is 0.313. The molecule has 0 spiro atoms. The van der Waals surface area contributed by atoms with E-state index in [2.05, 4.69) is 20.8 Å². The summed E-state index contributed by atoms with van der Waals surface area (Å²) in [7, 11) is 0. The number of aromatic nitrogens is 4. The van der Waals surface area contributed by atoms with Gasteiger partial charge in [-0.3, -0.25) is 9.89 Å². The van der Waals surface area contributed by atoms with Crippen LogP contribution in [0.1, 0.15) is 18.4 Å². The van der Waals surface area contributed by atoms with Gasteiger partial charge < -0.3 is 10.6 Å². The molecule has 0 saturated heterocycles. The molecule has 2 aromatic heterocycles. The molecule has 0 unspecified atom stereocenters. The highest BCUT2D eigenvalue weighted by molar-refractivity contribution is 5.93. The number of halogens is 2. The van der Waals surface area contributed by atoms with Gasteiger partial charge in [0.2, 0.25) is 5.91 Å². The van der Waals surface area contributed by atoms with E-state index >= 15 is 0 Å². The molecule has 0 radical (unpaired) electrons. The first kappa shape index (κ1) is 24.4. The molecule has 39 heavy (non-hydrogen) atoms. The summed E-state index contributed by atoms with van der Waals surface area (Å²) in [4.78, 5) is 21.8. The highest BCUT2D eigenvalue weighted by Crippen LogP contribution is 2.37. The molecule has 1 aliphatic rings. The minimum Gasteiger partial charge on any atom is -0.349 e. The number of nitrogens with one attached hydrogen (secondary N) is 3. The first-order chi connectivity index (χ1) is 18.9. The molecule has 2 heterocycles. The van der Waals surface area contributed by atoms with Crippen molar-refractivity contribution >= 4 is 34.4 Å². The van der Waals surface area contributed by atoms with Gasteiger partial charge in [0.25, 0.3) is 5.92 Å². The van der Waals surface area contributed by atoms with Crippen molar-refractivity contribution in [3.63, 3.8) is 0 Å². The fraction of sp³-hybridized carbons (Fsp3) is 0.133. The van der Waals surface area contributed by atoms with Gasteiger partial charge in [-0.1, -0.05) is 42.5 Å². The highest BCUT2D eigenvalue weighted by atomic mass is 19.3. The molecule has 7 nitrogen and oxygen atoms in total. The first-order valence-corrected chi connectivity index (χ1v) is 12.5. The molecular weight excluding hydrogens is 498 g/mol. The number of aromatic amines is 1. The van der Waals surface area contributed by atoms with Gasteiger partial charge in [0.15, 0.2) is 5.82 Å². The third-order valence-electron chi connectivity index (χ3n) is 6.59. The number of fused-ring (bicyclic) bond motifs is 1. The van der Waals surface area contributed by atoms with Crippen LogP contribution in [0.25, 0.3) is 39.5 Å². The van der Waals surface area contributed by atoms with E-state index in [9.17, 15) is 13.6 Å². The molecule has 194 valence electrons. The number of amides is 1. The Bertz CT molecular complexity index is 1660. The second kappa shape index (κ2) is 10.1. The maximum atomic E-state index is 13.0. The topological polar surface area (TPSA) is 95.6 Å². The maximum absolute atomic E-state index is 13.0. The number of alkyl halides is 2. The minimum atomic E-state index is -2.67. The molecule has 5 aromatic rings. The summed E-state index contributed by atoms with van der Waals surface area (Å²) < 4.78 is 26.0. The van der Waals surface area contributed by atoms with Crippen molar-refractivity contribution < 1.29 is 13.6 Å². The van der Waals surface area contributed by atoms with Gasteiger partial charge in [-0.15, -0.1) is 0 Å². The molecule has 3 N–H and O–H groups in total. The molecular formula is C30H24F2N6O. The SMILES string of the molecule is O=C(/C=C/c1cccc(-c2nc(Nc3ccc(-c4cn[nH]c4)cc3)c3ccccc3n2)c1)NC1CC(F)(F)C1. The zero-order valence-electron chi connectivity index (χ0n) is 20.7. The Kier molecular flexibility index (Phi) is 6.32. The Morgan fingerprint density at radius 3 is 2.54 bits per heavy atom. The van der Waals surface area contributed by atoms with E-state index in [0.29, 0.717) is 11.6 Å². The lowest BCUT2D eigenvalue weighted by Gasteiger charge is -2.34. The van der Waals surface area contributed by atoms with Crippen LogP contribution in [0.4, 0.5) is 20.3 Å². The summed E-state index contributed by atoms with van der Waals surface area (Å²) in [5.41, 5.74) is 5.27. The maximum Gasteiger partial charge on any atom is 0.252 e. The molecule has 1 aliphatic carbocycles. The van der Waals surface area contributed by atoms with Crippen LogP contribution in [-0.2, 0) is 4.79 Å². The van der Waals surface area contributed by atoms with Gasteiger partial charge >= 0.3 is 0 Å². The molecule has 6 rings (SSSR count). The number of carbonyl (C=O) groups is 1. The smallest absolute Gasteiger partial charge is 0.252 e. The van der Waals surface area contributed by atoms with Gasteiger partial charge in [0, 0.05) is 53.4 Å². The number of para-hydroxylation sites is 1. The van der Waals surface area contributed by atoms with Crippen LogP contribution >= 0.6 is 0 Å². The number of H-pyrrole nitrogens is 1. The molecule has 1 fully saturated rings. The number of hydrogen-bond acceptors (Lipinski definition) is 5. The summed E-state index contributed by atoms with van der Waals surface area (Å²) >= 11 is 0. The molecule has 0 atom stereocenters. The highest BCUT2D eigenvalue weighted by Gasteiger charge is 2.45. The Labute approximate surface area is 223 Å². The van der Waals surface area contributed by atoms with Crippen LogP contribution in [0.2, 0.25) is 0 Å². The number of nitrogens with zero attached hydrogens (tertiary/aromatic N) is 3. The molecule has 0 bridgehead atoms. The summed E-state index contributed by atoms with van der Waals surface area (Å²) in [5.74, 6) is -1.87. The number of carbonyl (C=O) groups excluding carboxylic acids is 1. The Morgan fingerprint density at radius 1 is 0.949 bits per heavy atom. The van der Waals surface area contributed by atoms with E-state index < -0.39 is 17.9 Å². The van der Waals surface area contributed by atoms with Gasteiger partial charge in [-0.2, -0.15) is 5.10 Å². The first-order valence-electron chi connectivity index (χ1n) is 12.5. The largest absolute Gasteiger partial charge is 0.349 e. The van der Waals surface area contributed by atoms with Crippen molar-refractivity contribution in [1.82, 2.24) is 25.5 Å². The Hall–Kier alpha value is -4.92. The average molecular weight is 523 g/mol. The van der Waals surface area contributed by atoms with E-state index in [1.54, 1.807) is 12.3 Å². The summed E-state index contributed by atoms with van der Waals surface area (Å²) in [6.45, 7) is 0. The summed E-state index contributed by atoms with van der Waals surface area (Å²) in [5, 5.41) is 13.7. The molecule has 1 amide bonds. The standard InChI is InChI=1S/C30H24F2N6O/c31-30(32)15-24(16-30)35-27(39)13-8-19-4-3-5-21(14-19)28-37-26-7-2-1-6-25(26)29(38-28)36-23-11-9-20(10-12-23)22-17-33-34-18-22/h1-14,17-18,24H,15-16H2,(H,33,34)(H,35,39)(H,36,37,38)/b13-8+. The predicted molar refractivity (Wildman–Crippen MR) is 147 cm³/mol. The number of anilines is 2.